The Morgan fingerprint density at radius 3 is 2.30 bits per heavy atom. The number of fused-ring (bicyclic) bond motifs is 1. The number of Topliss-reactive ketones (excluding diaryl/α,β-unsaturated/α-hetero) is 2. The number of anilines is 2. The molecule has 0 atom stereocenters. The largest absolute Gasteiger partial charge is 0.374 e. The first kappa shape index (κ1) is 14.8. The highest BCUT2D eigenvalue weighted by Crippen LogP contribution is 2.38. The Hall–Kier alpha value is -1.59. The van der Waals surface area contributed by atoms with E-state index in [1.807, 2.05) is 0 Å². The average Bonchev–Trinajstić information content (AvgIpc) is 2.34. The summed E-state index contributed by atoms with van der Waals surface area (Å²) >= 11 is 11.9. The van der Waals surface area contributed by atoms with Crippen LogP contribution in [0.2, 0.25) is 10.0 Å². The Kier molecular flexibility index (Phi) is 4.01. The van der Waals surface area contributed by atoms with Crippen molar-refractivity contribution < 1.29 is 14.4 Å². The van der Waals surface area contributed by atoms with Crippen molar-refractivity contribution in [2.45, 2.75) is 19.9 Å². The van der Waals surface area contributed by atoms with Crippen molar-refractivity contribution in [2.24, 2.45) is 0 Å². The smallest absolute Gasteiger partial charge is 0.247 e. The van der Waals surface area contributed by atoms with Crippen LogP contribution in [0.3, 0.4) is 0 Å². The molecule has 0 unspecified atom stereocenters. The summed E-state index contributed by atoms with van der Waals surface area (Å²) in [5.74, 6) is -1.17. The SMILES string of the molecule is CC(=O)C(C(C)=O)N1C(=O)CNc2cc(Cl)c(Cl)cc21. The number of nitrogens with zero attached hydrogens (tertiary/aromatic N) is 1. The second-order valence-electron chi connectivity index (χ2n) is 4.52. The van der Waals surface area contributed by atoms with E-state index in [2.05, 4.69) is 5.32 Å². The quantitative estimate of drug-likeness (QED) is 0.869. The highest BCUT2D eigenvalue weighted by molar-refractivity contribution is 6.42. The van der Waals surface area contributed by atoms with Crippen molar-refractivity contribution in [3.63, 3.8) is 0 Å². The minimum atomic E-state index is -1.14. The maximum Gasteiger partial charge on any atom is 0.247 e. The van der Waals surface area contributed by atoms with Crippen molar-refractivity contribution in [3.05, 3.63) is 22.2 Å². The van der Waals surface area contributed by atoms with E-state index in [-0.39, 0.29) is 17.5 Å². The molecule has 0 aliphatic carbocycles. The molecule has 1 aromatic carbocycles. The molecule has 0 bridgehead atoms. The minimum Gasteiger partial charge on any atom is -0.374 e. The second-order valence-corrected chi connectivity index (χ2v) is 5.34. The molecule has 5 nitrogen and oxygen atoms in total. The predicted molar refractivity (Wildman–Crippen MR) is 77.6 cm³/mol. The summed E-state index contributed by atoms with van der Waals surface area (Å²) in [5.41, 5.74) is 0.942. The number of benzene rings is 1. The molecule has 1 heterocycles. The van der Waals surface area contributed by atoms with E-state index in [9.17, 15) is 14.4 Å². The summed E-state index contributed by atoms with van der Waals surface area (Å²) in [4.78, 5) is 36.7. The van der Waals surface area contributed by atoms with Crippen LogP contribution in [0.25, 0.3) is 0 Å². The number of nitrogens with one attached hydrogen (secondary N) is 1. The zero-order valence-electron chi connectivity index (χ0n) is 10.9. The number of halogens is 2. The molecular formula is C13H12Cl2N2O3. The van der Waals surface area contributed by atoms with Gasteiger partial charge in [0, 0.05) is 0 Å². The van der Waals surface area contributed by atoms with Gasteiger partial charge in [-0.1, -0.05) is 23.2 Å². The lowest BCUT2D eigenvalue weighted by molar-refractivity contribution is -0.130. The molecule has 1 aromatic rings. The topological polar surface area (TPSA) is 66.5 Å². The molecule has 1 aliphatic rings. The number of carbonyl (C=O) groups excluding carboxylic acids is 3. The van der Waals surface area contributed by atoms with Gasteiger partial charge in [0.1, 0.15) is 0 Å². The van der Waals surface area contributed by atoms with Crippen molar-refractivity contribution >= 4 is 52.1 Å². The Morgan fingerprint density at radius 1 is 1.20 bits per heavy atom. The number of hydrogen-bond acceptors (Lipinski definition) is 4. The fraction of sp³-hybridized carbons (Fsp3) is 0.308. The lowest BCUT2D eigenvalue weighted by Gasteiger charge is -2.34. The highest BCUT2D eigenvalue weighted by atomic mass is 35.5. The maximum atomic E-state index is 12.1. The van der Waals surface area contributed by atoms with Gasteiger partial charge in [0.15, 0.2) is 17.6 Å². The zero-order valence-corrected chi connectivity index (χ0v) is 12.4. The molecule has 0 saturated carbocycles. The lowest BCUT2D eigenvalue weighted by Crippen LogP contribution is -2.52. The number of carbonyl (C=O) groups is 3. The maximum absolute atomic E-state index is 12.1. The monoisotopic (exact) mass is 314 g/mol. The molecule has 1 aliphatic heterocycles. The lowest BCUT2D eigenvalue weighted by atomic mass is 10.0. The van der Waals surface area contributed by atoms with Gasteiger partial charge in [0.2, 0.25) is 5.91 Å². The van der Waals surface area contributed by atoms with Gasteiger partial charge in [0.05, 0.1) is 28.0 Å². The van der Waals surface area contributed by atoms with E-state index < -0.39 is 17.6 Å². The summed E-state index contributed by atoms with van der Waals surface area (Å²) in [5, 5.41) is 3.46. The van der Waals surface area contributed by atoms with Gasteiger partial charge < -0.3 is 5.32 Å². The van der Waals surface area contributed by atoms with E-state index in [1.54, 1.807) is 6.07 Å². The van der Waals surface area contributed by atoms with E-state index in [0.717, 1.165) is 0 Å². The first-order valence-electron chi connectivity index (χ1n) is 5.88. The van der Waals surface area contributed by atoms with Crippen LogP contribution in [0.1, 0.15) is 13.8 Å². The summed E-state index contributed by atoms with van der Waals surface area (Å²) in [6.07, 6.45) is 0. The summed E-state index contributed by atoms with van der Waals surface area (Å²) in [7, 11) is 0. The minimum absolute atomic E-state index is 0.0119. The molecule has 106 valence electrons. The molecular weight excluding hydrogens is 303 g/mol. The molecule has 0 aromatic heterocycles. The van der Waals surface area contributed by atoms with E-state index in [0.29, 0.717) is 16.4 Å². The van der Waals surface area contributed by atoms with Crippen LogP contribution in [-0.2, 0) is 14.4 Å². The standard InChI is InChI=1S/C13H12Cl2N2O3/c1-6(18)13(7(2)19)17-11-4-9(15)8(14)3-10(11)16-5-12(17)20/h3-4,13,16H,5H2,1-2H3. The van der Waals surface area contributed by atoms with Crippen LogP contribution >= 0.6 is 23.2 Å². The molecule has 0 saturated heterocycles. The van der Waals surface area contributed by atoms with E-state index in [4.69, 9.17) is 23.2 Å². The van der Waals surface area contributed by atoms with Crippen LogP contribution in [0, 0.1) is 0 Å². The van der Waals surface area contributed by atoms with E-state index in [1.165, 1.54) is 24.8 Å². The van der Waals surface area contributed by atoms with Crippen LogP contribution in [0.15, 0.2) is 12.1 Å². The number of ketones is 2. The van der Waals surface area contributed by atoms with Gasteiger partial charge in [-0.25, -0.2) is 0 Å². The molecule has 0 fully saturated rings. The Balaban J connectivity index is 2.60. The van der Waals surface area contributed by atoms with Crippen molar-refractivity contribution in [1.82, 2.24) is 0 Å². The summed E-state index contributed by atoms with van der Waals surface area (Å²) in [6, 6.07) is 1.90. The molecule has 0 radical (unpaired) electrons. The fourth-order valence-corrected chi connectivity index (χ4v) is 2.52. The van der Waals surface area contributed by atoms with Gasteiger partial charge in [-0.15, -0.1) is 0 Å². The molecule has 1 amide bonds. The average molecular weight is 315 g/mol. The van der Waals surface area contributed by atoms with Gasteiger partial charge in [0.25, 0.3) is 0 Å². The highest BCUT2D eigenvalue weighted by Gasteiger charge is 2.36. The summed E-state index contributed by atoms with van der Waals surface area (Å²) in [6.45, 7) is 2.54. The second kappa shape index (κ2) is 5.42. The first-order chi connectivity index (χ1) is 9.32. The molecule has 2 rings (SSSR count). The molecule has 7 heteroatoms. The normalized spacial score (nSPS) is 14.1. The van der Waals surface area contributed by atoms with E-state index >= 15 is 0 Å². The third-order valence-electron chi connectivity index (χ3n) is 3.03. The molecule has 1 N–H and O–H groups in total. The van der Waals surface area contributed by atoms with Crippen LogP contribution in [0.5, 0.6) is 0 Å². The Morgan fingerprint density at radius 2 is 1.75 bits per heavy atom. The molecule has 0 spiro atoms. The predicted octanol–water partition coefficient (Wildman–Crippen LogP) is 2.30. The number of amides is 1. The third kappa shape index (κ3) is 2.51. The molecule has 20 heavy (non-hydrogen) atoms. The number of rotatable bonds is 3. The van der Waals surface area contributed by atoms with Gasteiger partial charge in [-0.2, -0.15) is 0 Å². The number of hydrogen-bond donors (Lipinski definition) is 1. The fourth-order valence-electron chi connectivity index (χ4n) is 2.20. The van der Waals surface area contributed by atoms with Crippen LogP contribution in [0.4, 0.5) is 11.4 Å². The zero-order chi connectivity index (χ0) is 15.0. The van der Waals surface area contributed by atoms with Gasteiger partial charge >= 0.3 is 0 Å². The van der Waals surface area contributed by atoms with Gasteiger partial charge in [-0.3, -0.25) is 19.3 Å². The van der Waals surface area contributed by atoms with Crippen molar-refractivity contribution in [2.75, 3.05) is 16.8 Å². The van der Waals surface area contributed by atoms with Crippen molar-refractivity contribution in [3.8, 4) is 0 Å². The first-order valence-corrected chi connectivity index (χ1v) is 6.64. The Labute approximate surface area is 125 Å². The summed E-state index contributed by atoms with van der Waals surface area (Å²) < 4.78 is 0. The van der Waals surface area contributed by atoms with Gasteiger partial charge in [-0.05, 0) is 26.0 Å². The van der Waals surface area contributed by atoms with Crippen molar-refractivity contribution in [1.29, 1.82) is 0 Å². The third-order valence-corrected chi connectivity index (χ3v) is 3.75. The van der Waals surface area contributed by atoms with Crippen LogP contribution in [-0.4, -0.2) is 30.1 Å². The Bertz CT molecular complexity index is 602. The van der Waals surface area contributed by atoms with Crippen LogP contribution < -0.4 is 10.2 Å².